The lowest BCUT2D eigenvalue weighted by Gasteiger charge is -2.40. The van der Waals surface area contributed by atoms with E-state index < -0.39 is 41.1 Å². The van der Waals surface area contributed by atoms with Crippen LogP contribution in [0.1, 0.15) is 38.3 Å². The van der Waals surface area contributed by atoms with Gasteiger partial charge in [0, 0.05) is 13.1 Å². The van der Waals surface area contributed by atoms with Crippen molar-refractivity contribution < 1.29 is 29.0 Å². The zero-order chi connectivity index (χ0) is 24.8. The van der Waals surface area contributed by atoms with E-state index in [2.05, 4.69) is 6.92 Å². The van der Waals surface area contributed by atoms with E-state index in [0.717, 1.165) is 12.8 Å². The summed E-state index contributed by atoms with van der Waals surface area (Å²) in [6.07, 6.45) is 8.94. The molecule has 5 rings (SSSR count). The summed E-state index contributed by atoms with van der Waals surface area (Å²) in [5, 5.41) is 10.5. The van der Waals surface area contributed by atoms with Crippen LogP contribution in [0.5, 0.6) is 0 Å². The molecule has 0 aromatic heterocycles. The van der Waals surface area contributed by atoms with Crippen molar-refractivity contribution >= 4 is 17.8 Å². The van der Waals surface area contributed by atoms with Gasteiger partial charge in [-0.05, 0) is 25.0 Å². The summed E-state index contributed by atoms with van der Waals surface area (Å²) < 4.78 is 12.1. The van der Waals surface area contributed by atoms with Crippen LogP contribution in [0.4, 0.5) is 0 Å². The van der Waals surface area contributed by atoms with Crippen molar-refractivity contribution in [2.24, 2.45) is 11.8 Å². The van der Waals surface area contributed by atoms with Gasteiger partial charge in [0.15, 0.2) is 0 Å². The quantitative estimate of drug-likeness (QED) is 0.494. The maximum Gasteiger partial charge on any atom is 0.313 e. The van der Waals surface area contributed by atoms with Gasteiger partial charge in [-0.25, -0.2) is 0 Å². The molecule has 2 saturated heterocycles. The fourth-order valence-electron chi connectivity index (χ4n) is 6.26. The second-order valence-corrected chi connectivity index (χ2v) is 9.92. The van der Waals surface area contributed by atoms with Crippen LogP contribution in [0.15, 0.2) is 54.6 Å². The molecule has 2 fully saturated rings. The fraction of sp³-hybridized carbons (Fsp3) is 0.519. The number of esters is 1. The highest BCUT2D eigenvalue weighted by Gasteiger charge is 2.75. The highest BCUT2D eigenvalue weighted by atomic mass is 16.6. The third kappa shape index (κ3) is 3.53. The molecular formula is C27H32N2O6. The molecule has 0 aliphatic carbocycles. The summed E-state index contributed by atoms with van der Waals surface area (Å²) in [5.41, 5.74) is -1.73. The standard InChI is InChI=1S/C27H32N2O6/c1-3-4-14-28-15-8-13-27-20(21-25(33)34-16-9-12-26(21,2)35-27)23(31)29(22(27)24(28)32)19(17-30)18-10-6-5-7-11-18/h5-13,19-22,30H,3-4,14-17H2,1-2H3/t19-,20+,21+,22?,26-,27+/m1/s1. The molecule has 2 amide bonds. The monoisotopic (exact) mass is 480 g/mol. The SMILES string of the molecule is CCCCN1CC=C[C@]23O[C@]4(C)C=CCOC(=O)[C@@H]4[C@H]2C(=O)N([C@H](CO)c2ccccc2)C3C1=O. The Morgan fingerprint density at radius 2 is 1.86 bits per heavy atom. The number of fused-ring (bicyclic) bond motifs is 2. The van der Waals surface area contributed by atoms with E-state index in [1.165, 1.54) is 4.90 Å². The van der Waals surface area contributed by atoms with Gasteiger partial charge >= 0.3 is 5.97 Å². The normalized spacial score (nSPS) is 34.7. The van der Waals surface area contributed by atoms with Crippen molar-refractivity contribution in [3.8, 4) is 0 Å². The number of amides is 2. The van der Waals surface area contributed by atoms with E-state index in [-0.39, 0.29) is 25.0 Å². The number of carbonyl (C=O) groups excluding carboxylic acids is 3. The first kappa shape index (κ1) is 23.8. The Morgan fingerprint density at radius 3 is 2.57 bits per heavy atom. The number of hydrogen-bond donors (Lipinski definition) is 1. The number of likely N-dealkylation sites (tertiary alicyclic amines) is 1. The van der Waals surface area contributed by atoms with Gasteiger partial charge in [-0.15, -0.1) is 0 Å². The maximum atomic E-state index is 14.3. The Morgan fingerprint density at radius 1 is 1.09 bits per heavy atom. The zero-order valence-electron chi connectivity index (χ0n) is 20.1. The van der Waals surface area contributed by atoms with Crippen molar-refractivity contribution in [2.45, 2.75) is 50.0 Å². The second-order valence-electron chi connectivity index (χ2n) is 9.92. The number of nitrogens with zero attached hydrogens (tertiary/aromatic N) is 2. The molecule has 0 bridgehead atoms. The largest absolute Gasteiger partial charge is 0.461 e. The van der Waals surface area contributed by atoms with Crippen molar-refractivity contribution in [3.63, 3.8) is 0 Å². The van der Waals surface area contributed by atoms with E-state index in [9.17, 15) is 19.5 Å². The van der Waals surface area contributed by atoms with Crippen LogP contribution in [0.3, 0.4) is 0 Å². The summed E-state index contributed by atoms with van der Waals surface area (Å²) in [6.45, 7) is 4.53. The van der Waals surface area contributed by atoms with Crippen LogP contribution in [0, 0.1) is 11.8 Å². The molecule has 186 valence electrons. The third-order valence-corrected chi connectivity index (χ3v) is 7.81. The first-order valence-corrected chi connectivity index (χ1v) is 12.4. The lowest BCUT2D eigenvalue weighted by atomic mass is 9.75. The summed E-state index contributed by atoms with van der Waals surface area (Å²) >= 11 is 0. The molecule has 35 heavy (non-hydrogen) atoms. The predicted molar refractivity (Wildman–Crippen MR) is 127 cm³/mol. The van der Waals surface area contributed by atoms with E-state index in [0.29, 0.717) is 18.7 Å². The minimum atomic E-state index is -1.35. The third-order valence-electron chi connectivity index (χ3n) is 7.81. The molecule has 0 radical (unpaired) electrons. The predicted octanol–water partition coefficient (Wildman–Crippen LogP) is 2.00. The first-order valence-electron chi connectivity index (χ1n) is 12.4. The van der Waals surface area contributed by atoms with E-state index in [1.54, 1.807) is 24.0 Å². The van der Waals surface area contributed by atoms with Gasteiger partial charge in [-0.1, -0.05) is 61.9 Å². The van der Waals surface area contributed by atoms with Crippen LogP contribution in [-0.4, -0.2) is 76.2 Å². The molecular weight excluding hydrogens is 448 g/mol. The smallest absolute Gasteiger partial charge is 0.313 e. The van der Waals surface area contributed by atoms with Crippen molar-refractivity contribution in [2.75, 3.05) is 26.3 Å². The molecule has 6 atom stereocenters. The average molecular weight is 481 g/mol. The van der Waals surface area contributed by atoms with Gasteiger partial charge in [0.25, 0.3) is 0 Å². The fourth-order valence-corrected chi connectivity index (χ4v) is 6.26. The lowest BCUT2D eigenvalue weighted by molar-refractivity contribution is -0.160. The molecule has 8 nitrogen and oxygen atoms in total. The Bertz CT molecular complexity index is 1070. The molecule has 1 spiro atoms. The molecule has 1 N–H and O–H groups in total. The van der Waals surface area contributed by atoms with E-state index in [4.69, 9.17) is 9.47 Å². The molecule has 4 aliphatic rings. The first-order chi connectivity index (χ1) is 16.9. The van der Waals surface area contributed by atoms with Crippen LogP contribution < -0.4 is 0 Å². The summed E-state index contributed by atoms with van der Waals surface area (Å²) in [6, 6.07) is 7.40. The Labute approximate surface area is 205 Å². The summed E-state index contributed by atoms with van der Waals surface area (Å²) in [4.78, 5) is 44.8. The summed E-state index contributed by atoms with van der Waals surface area (Å²) in [5.74, 6) is -2.98. The molecule has 1 aromatic carbocycles. The number of unbranched alkanes of at least 4 members (excludes halogenated alkanes) is 1. The van der Waals surface area contributed by atoms with Gasteiger partial charge in [-0.3, -0.25) is 14.4 Å². The van der Waals surface area contributed by atoms with Crippen LogP contribution in [-0.2, 0) is 23.9 Å². The Balaban J connectivity index is 1.67. The van der Waals surface area contributed by atoms with Gasteiger partial charge in [0.2, 0.25) is 11.8 Å². The van der Waals surface area contributed by atoms with E-state index in [1.807, 2.05) is 42.5 Å². The Kier molecular flexibility index (Phi) is 6.05. The van der Waals surface area contributed by atoms with Crippen molar-refractivity contribution in [3.05, 3.63) is 60.2 Å². The highest BCUT2D eigenvalue weighted by molar-refractivity contribution is 5.99. The average Bonchev–Trinajstić information content (AvgIpc) is 3.11. The molecule has 4 heterocycles. The van der Waals surface area contributed by atoms with Gasteiger partial charge < -0.3 is 24.4 Å². The number of carbonyl (C=O) groups is 3. The highest BCUT2D eigenvalue weighted by Crippen LogP contribution is 2.58. The van der Waals surface area contributed by atoms with Crippen LogP contribution in [0.2, 0.25) is 0 Å². The number of benzene rings is 1. The number of aliphatic hydroxyl groups is 1. The molecule has 8 heteroatoms. The molecule has 1 aromatic rings. The van der Waals surface area contributed by atoms with Gasteiger partial charge in [-0.2, -0.15) is 0 Å². The maximum absolute atomic E-state index is 14.3. The zero-order valence-corrected chi connectivity index (χ0v) is 20.1. The van der Waals surface area contributed by atoms with Crippen molar-refractivity contribution in [1.82, 2.24) is 9.80 Å². The number of cyclic esters (lactones) is 1. The van der Waals surface area contributed by atoms with Gasteiger partial charge in [0.1, 0.15) is 24.2 Å². The van der Waals surface area contributed by atoms with Gasteiger partial charge in [0.05, 0.1) is 24.2 Å². The number of hydrogen-bond acceptors (Lipinski definition) is 6. The number of ether oxygens (including phenoxy) is 2. The minimum absolute atomic E-state index is 0.109. The second kappa shape index (κ2) is 8.91. The molecule has 1 unspecified atom stereocenters. The number of aliphatic hydroxyl groups excluding tert-OH is 1. The van der Waals surface area contributed by atoms with Crippen LogP contribution >= 0.6 is 0 Å². The molecule has 4 aliphatic heterocycles. The lowest BCUT2D eigenvalue weighted by Crippen LogP contribution is -2.57. The van der Waals surface area contributed by atoms with E-state index >= 15 is 0 Å². The topological polar surface area (TPSA) is 96.4 Å². The van der Waals surface area contributed by atoms with Crippen LogP contribution in [0.25, 0.3) is 0 Å². The number of rotatable bonds is 6. The summed E-state index contributed by atoms with van der Waals surface area (Å²) in [7, 11) is 0. The Hall–Kier alpha value is -2.97. The van der Waals surface area contributed by atoms with Crippen molar-refractivity contribution in [1.29, 1.82) is 0 Å². The minimum Gasteiger partial charge on any atom is -0.461 e. The molecule has 0 saturated carbocycles.